The molecule has 1 heterocycles. The average molecular weight is 316 g/mol. The van der Waals surface area contributed by atoms with Gasteiger partial charge in [-0.3, -0.25) is 4.90 Å². The van der Waals surface area contributed by atoms with E-state index in [1.54, 1.807) is 13.2 Å². The molecule has 0 bridgehead atoms. The smallest absolute Gasteiger partial charge is 0.137 e. The van der Waals surface area contributed by atoms with E-state index in [1.165, 1.54) is 18.9 Å². The van der Waals surface area contributed by atoms with Gasteiger partial charge < -0.3 is 4.74 Å². The van der Waals surface area contributed by atoms with E-state index in [0.717, 1.165) is 36.9 Å². The Bertz CT molecular complexity index is 417. The van der Waals surface area contributed by atoms with Crippen molar-refractivity contribution in [2.24, 2.45) is 5.92 Å². The van der Waals surface area contributed by atoms with Gasteiger partial charge >= 0.3 is 0 Å². The summed E-state index contributed by atoms with van der Waals surface area (Å²) < 4.78 is 19.4. The lowest BCUT2D eigenvalue weighted by Crippen LogP contribution is -2.32. The quantitative estimate of drug-likeness (QED) is 0.840. The van der Waals surface area contributed by atoms with Crippen LogP contribution >= 0.6 is 15.9 Å². The number of halogens is 2. The van der Waals surface area contributed by atoms with Gasteiger partial charge in [-0.2, -0.15) is 0 Å². The van der Waals surface area contributed by atoms with Crippen LogP contribution in [0.4, 0.5) is 4.39 Å². The molecule has 18 heavy (non-hydrogen) atoms. The molecule has 0 amide bonds. The maximum absolute atomic E-state index is 13.6. The van der Waals surface area contributed by atoms with Gasteiger partial charge in [0, 0.05) is 12.1 Å². The van der Waals surface area contributed by atoms with Crippen LogP contribution in [0.1, 0.15) is 25.3 Å². The highest BCUT2D eigenvalue weighted by Crippen LogP contribution is 2.31. The molecule has 4 heteroatoms. The topological polar surface area (TPSA) is 12.5 Å². The number of benzene rings is 1. The third-order valence-electron chi connectivity index (χ3n) is 3.63. The predicted octanol–water partition coefficient (Wildman–Crippen LogP) is 3.83. The number of likely N-dealkylation sites (tertiary alicyclic amines) is 1. The minimum atomic E-state index is -0.226. The average Bonchev–Trinajstić information content (AvgIpc) is 2.38. The van der Waals surface area contributed by atoms with E-state index in [-0.39, 0.29) is 5.82 Å². The third-order valence-corrected chi connectivity index (χ3v) is 4.49. The van der Waals surface area contributed by atoms with Crippen molar-refractivity contribution in [2.45, 2.75) is 26.3 Å². The lowest BCUT2D eigenvalue weighted by molar-refractivity contribution is 0.183. The Morgan fingerprint density at radius 3 is 2.67 bits per heavy atom. The molecule has 0 atom stereocenters. The molecule has 1 fully saturated rings. The van der Waals surface area contributed by atoms with Crippen LogP contribution < -0.4 is 4.74 Å². The predicted molar refractivity (Wildman–Crippen MR) is 74.3 cm³/mol. The van der Waals surface area contributed by atoms with Crippen LogP contribution in [-0.4, -0.2) is 25.1 Å². The van der Waals surface area contributed by atoms with Gasteiger partial charge in [-0.05, 0) is 59.9 Å². The van der Waals surface area contributed by atoms with Crippen molar-refractivity contribution in [3.05, 3.63) is 28.0 Å². The highest BCUT2D eigenvalue weighted by atomic mass is 79.9. The van der Waals surface area contributed by atoms with Crippen LogP contribution in [0, 0.1) is 11.7 Å². The van der Waals surface area contributed by atoms with Crippen molar-refractivity contribution in [3.63, 3.8) is 0 Å². The summed E-state index contributed by atoms with van der Waals surface area (Å²) in [5, 5.41) is 0. The Kier molecular flexibility index (Phi) is 4.62. The van der Waals surface area contributed by atoms with Crippen LogP contribution in [0.5, 0.6) is 5.75 Å². The molecular weight excluding hydrogens is 297 g/mol. The minimum absolute atomic E-state index is 0.226. The van der Waals surface area contributed by atoms with Gasteiger partial charge in [-0.25, -0.2) is 4.39 Å². The van der Waals surface area contributed by atoms with Crippen LogP contribution in [0.3, 0.4) is 0 Å². The van der Waals surface area contributed by atoms with Crippen LogP contribution in [0.25, 0.3) is 0 Å². The summed E-state index contributed by atoms with van der Waals surface area (Å²) >= 11 is 3.33. The second-order valence-corrected chi connectivity index (χ2v) is 5.79. The Morgan fingerprint density at radius 1 is 1.39 bits per heavy atom. The Morgan fingerprint density at radius 2 is 2.06 bits per heavy atom. The molecule has 0 aliphatic carbocycles. The van der Waals surface area contributed by atoms with E-state index < -0.39 is 0 Å². The first-order valence-corrected chi connectivity index (χ1v) is 7.14. The van der Waals surface area contributed by atoms with Gasteiger partial charge in [0.2, 0.25) is 0 Å². The zero-order chi connectivity index (χ0) is 13.1. The Hall–Kier alpha value is -0.610. The van der Waals surface area contributed by atoms with Crippen molar-refractivity contribution in [3.8, 4) is 5.75 Å². The molecule has 1 aromatic rings. The summed E-state index contributed by atoms with van der Waals surface area (Å²) in [6.07, 6.45) is 2.44. The molecule has 2 nitrogen and oxygen atoms in total. The Balaban J connectivity index is 2.15. The zero-order valence-corrected chi connectivity index (χ0v) is 12.5. The van der Waals surface area contributed by atoms with E-state index in [1.807, 2.05) is 0 Å². The van der Waals surface area contributed by atoms with Gasteiger partial charge in [-0.1, -0.05) is 6.92 Å². The first-order chi connectivity index (χ1) is 8.61. The van der Waals surface area contributed by atoms with Crippen molar-refractivity contribution < 1.29 is 9.13 Å². The standard InChI is InChI=1S/C14H19BrFNO/c1-10-5-7-17(8-6-10)9-11-13(18-2)4-3-12(16)14(11)15/h3-4,10H,5-9H2,1-2H3. The fourth-order valence-corrected chi connectivity index (χ4v) is 2.81. The maximum Gasteiger partial charge on any atom is 0.137 e. The molecule has 0 unspecified atom stereocenters. The van der Waals surface area contributed by atoms with Gasteiger partial charge in [0.1, 0.15) is 11.6 Å². The van der Waals surface area contributed by atoms with Crippen molar-refractivity contribution >= 4 is 15.9 Å². The van der Waals surface area contributed by atoms with Crippen LogP contribution in [0.2, 0.25) is 0 Å². The van der Waals surface area contributed by atoms with Crippen molar-refractivity contribution in [1.82, 2.24) is 4.90 Å². The van der Waals surface area contributed by atoms with Gasteiger partial charge in [0.15, 0.2) is 0 Å². The number of ether oxygens (including phenoxy) is 1. The van der Waals surface area contributed by atoms with E-state index in [4.69, 9.17) is 4.74 Å². The second kappa shape index (κ2) is 6.02. The molecule has 0 N–H and O–H groups in total. The maximum atomic E-state index is 13.6. The molecule has 0 saturated carbocycles. The van der Waals surface area contributed by atoms with Gasteiger partial charge in [-0.15, -0.1) is 0 Å². The third kappa shape index (κ3) is 3.04. The molecule has 1 aliphatic rings. The van der Waals surface area contributed by atoms with E-state index in [9.17, 15) is 4.39 Å². The molecular formula is C14H19BrFNO. The minimum Gasteiger partial charge on any atom is -0.496 e. The van der Waals surface area contributed by atoms with Crippen LogP contribution in [-0.2, 0) is 6.54 Å². The number of methoxy groups -OCH3 is 1. The molecule has 0 radical (unpaired) electrons. The SMILES string of the molecule is COc1ccc(F)c(Br)c1CN1CCC(C)CC1. The highest BCUT2D eigenvalue weighted by molar-refractivity contribution is 9.10. The Labute approximate surface area is 116 Å². The highest BCUT2D eigenvalue weighted by Gasteiger charge is 2.19. The normalized spacial score (nSPS) is 18.0. The monoisotopic (exact) mass is 315 g/mol. The molecule has 100 valence electrons. The summed E-state index contributed by atoms with van der Waals surface area (Å²) in [6.45, 7) is 5.19. The molecule has 1 saturated heterocycles. The summed E-state index contributed by atoms with van der Waals surface area (Å²) in [4.78, 5) is 2.36. The van der Waals surface area contributed by atoms with Gasteiger partial charge in [0.05, 0.1) is 11.6 Å². The van der Waals surface area contributed by atoms with Gasteiger partial charge in [0.25, 0.3) is 0 Å². The molecule has 0 aromatic heterocycles. The number of hydrogen-bond donors (Lipinski definition) is 0. The van der Waals surface area contributed by atoms with E-state index in [0.29, 0.717) is 4.47 Å². The first-order valence-electron chi connectivity index (χ1n) is 6.35. The largest absolute Gasteiger partial charge is 0.496 e. The fourth-order valence-electron chi connectivity index (χ4n) is 2.36. The number of hydrogen-bond acceptors (Lipinski definition) is 2. The number of rotatable bonds is 3. The molecule has 2 rings (SSSR count). The summed E-state index contributed by atoms with van der Waals surface area (Å²) in [6, 6.07) is 3.13. The summed E-state index contributed by atoms with van der Waals surface area (Å²) in [5.41, 5.74) is 0.909. The number of piperidine rings is 1. The van der Waals surface area contributed by atoms with E-state index in [2.05, 4.69) is 27.8 Å². The molecule has 1 aromatic carbocycles. The number of nitrogens with zero attached hydrogens (tertiary/aromatic N) is 1. The zero-order valence-electron chi connectivity index (χ0n) is 10.9. The van der Waals surface area contributed by atoms with Crippen LogP contribution in [0.15, 0.2) is 16.6 Å². The summed E-state index contributed by atoms with van der Waals surface area (Å²) in [5.74, 6) is 1.33. The van der Waals surface area contributed by atoms with Crippen molar-refractivity contribution in [1.29, 1.82) is 0 Å². The first kappa shape index (κ1) is 13.8. The fraction of sp³-hybridized carbons (Fsp3) is 0.571. The molecule has 1 aliphatic heterocycles. The summed E-state index contributed by atoms with van der Waals surface area (Å²) in [7, 11) is 1.63. The lowest BCUT2D eigenvalue weighted by Gasteiger charge is -2.30. The van der Waals surface area contributed by atoms with E-state index >= 15 is 0 Å². The lowest BCUT2D eigenvalue weighted by atomic mass is 9.99. The molecule has 0 spiro atoms. The van der Waals surface area contributed by atoms with Crippen molar-refractivity contribution in [2.75, 3.05) is 20.2 Å². The second-order valence-electron chi connectivity index (χ2n) is 5.00.